The Hall–Kier alpha value is -3.17. The van der Waals surface area contributed by atoms with Crippen LogP contribution in [0.2, 0.25) is 0 Å². The molecule has 178 valence electrons. The molecule has 8 nitrogen and oxygen atoms in total. The molecule has 0 fully saturated rings. The Morgan fingerprint density at radius 3 is 2.09 bits per heavy atom. The highest BCUT2D eigenvalue weighted by Gasteiger charge is 2.21. The van der Waals surface area contributed by atoms with Gasteiger partial charge in [0.2, 0.25) is 10.0 Å². The number of carbonyl (C=O) groups excluding carboxylic acids is 2. The highest BCUT2D eigenvalue weighted by atomic mass is 32.2. The van der Waals surface area contributed by atoms with Gasteiger partial charge in [-0.2, -0.15) is 4.31 Å². The Morgan fingerprint density at radius 2 is 1.58 bits per heavy atom. The molecule has 0 atom stereocenters. The van der Waals surface area contributed by atoms with Crippen LogP contribution in [0.3, 0.4) is 0 Å². The molecular formula is C24H31N3O5S. The minimum atomic E-state index is -3.52. The molecule has 0 unspecified atom stereocenters. The number of esters is 1. The van der Waals surface area contributed by atoms with Gasteiger partial charge in [-0.15, -0.1) is 0 Å². The summed E-state index contributed by atoms with van der Waals surface area (Å²) >= 11 is 0. The Bertz CT molecular complexity index is 1070. The summed E-state index contributed by atoms with van der Waals surface area (Å²) in [5.41, 5.74) is 1.32. The Balaban J connectivity index is 1.99. The number of sulfonamides is 1. The van der Waals surface area contributed by atoms with Gasteiger partial charge < -0.3 is 10.1 Å². The van der Waals surface area contributed by atoms with E-state index in [1.54, 1.807) is 63.4 Å². The predicted molar refractivity (Wildman–Crippen MR) is 130 cm³/mol. The lowest BCUT2D eigenvalue weighted by atomic mass is 10.2. The number of anilines is 1. The SMILES string of the molecule is CCN(CC)S(=O)(=O)c1ccc(C=CC(=O)Oc2ccc(N(C)C(=O)NC(C)C)cc2)cc1. The van der Waals surface area contributed by atoms with Gasteiger partial charge in [0, 0.05) is 37.9 Å². The maximum absolute atomic E-state index is 12.5. The van der Waals surface area contributed by atoms with Crippen molar-refractivity contribution in [1.82, 2.24) is 9.62 Å². The van der Waals surface area contributed by atoms with Gasteiger partial charge in [-0.3, -0.25) is 4.90 Å². The number of ether oxygens (including phenoxy) is 1. The zero-order valence-electron chi connectivity index (χ0n) is 19.6. The molecule has 9 heteroatoms. The van der Waals surface area contributed by atoms with Gasteiger partial charge in [0.1, 0.15) is 5.75 Å². The highest BCUT2D eigenvalue weighted by Crippen LogP contribution is 2.20. The largest absolute Gasteiger partial charge is 0.423 e. The lowest BCUT2D eigenvalue weighted by Crippen LogP contribution is -2.40. The van der Waals surface area contributed by atoms with Crippen LogP contribution in [0.4, 0.5) is 10.5 Å². The Labute approximate surface area is 195 Å². The first-order chi connectivity index (χ1) is 15.6. The summed E-state index contributed by atoms with van der Waals surface area (Å²) in [6.07, 6.45) is 2.82. The molecule has 2 aromatic carbocycles. The van der Waals surface area contributed by atoms with Crippen LogP contribution in [-0.4, -0.2) is 50.9 Å². The Kier molecular flexibility index (Phi) is 9.19. The second kappa shape index (κ2) is 11.6. The molecule has 0 aliphatic carbocycles. The molecule has 0 saturated heterocycles. The first-order valence-corrected chi connectivity index (χ1v) is 12.2. The Morgan fingerprint density at radius 1 is 1.00 bits per heavy atom. The summed E-state index contributed by atoms with van der Waals surface area (Å²) in [7, 11) is -1.87. The average molecular weight is 474 g/mol. The van der Waals surface area contributed by atoms with Crippen molar-refractivity contribution in [2.45, 2.75) is 38.6 Å². The molecule has 0 aliphatic rings. The quantitative estimate of drug-likeness (QED) is 0.339. The van der Waals surface area contributed by atoms with Crippen molar-refractivity contribution in [1.29, 1.82) is 0 Å². The molecule has 0 aliphatic heterocycles. The topological polar surface area (TPSA) is 96.0 Å². The van der Waals surface area contributed by atoms with Crippen molar-refractivity contribution >= 4 is 33.8 Å². The van der Waals surface area contributed by atoms with Crippen molar-refractivity contribution in [2.24, 2.45) is 0 Å². The fraction of sp³-hybridized carbons (Fsp3) is 0.333. The van der Waals surface area contributed by atoms with E-state index in [4.69, 9.17) is 4.74 Å². The number of carbonyl (C=O) groups is 2. The number of benzene rings is 2. The summed E-state index contributed by atoms with van der Waals surface area (Å²) in [6, 6.07) is 12.7. The average Bonchev–Trinajstić information content (AvgIpc) is 2.78. The van der Waals surface area contributed by atoms with Crippen LogP contribution in [-0.2, 0) is 14.8 Å². The fourth-order valence-corrected chi connectivity index (χ4v) is 4.43. The summed E-state index contributed by atoms with van der Waals surface area (Å²) < 4.78 is 31.7. The van der Waals surface area contributed by atoms with E-state index < -0.39 is 16.0 Å². The third-order valence-corrected chi connectivity index (χ3v) is 6.86. The molecule has 0 aromatic heterocycles. The van der Waals surface area contributed by atoms with Crippen LogP contribution in [0.5, 0.6) is 5.75 Å². The van der Waals surface area contributed by atoms with Crippen LogP contribution in [0.1, 0.15) is 33.3 Å². The number of amides is 2. The number of rotatable bonds is 9. The number of urea groups is 1. The number of nitrogens with zero attached hydrogens (tertiary/aromatic N) is 2. The molecule has 0 radical (unpaired) electrons. The predicted octanol–water partition coefficient (Wildman–Crippen LogP) is 3.89. The van der Waals surface area contributed by atoms with Crippen LogP contribution in [0.25, 0.3) is 6.08 Å². The van der Waals surface area contributed by atoms with E-state index in [9.17, 15) is 18.0 Å². The summed E-state index contributed by atoms with van der Waals surface area (Å²) in [5.74, 6) is -0.236. The minimum Gasteiger partial charge on any atom is -0.423 e. The van der Waals surface area contributed by atoms with Crippen molar-refractivity contribution in [3.63, 3.8) is 0 Å². The van der Waals surface area contributed by atoms with Gasteiger partial charge in [-0.1, -0.05) is 26.0 Å². The summed E-state index contributed by atoms with van der Waals surface area (Å²) in [5, 5.41) is 2.80. The standard InChI is InChI=1S/C24H31N3O5S/c1-6-27(7-2)33(30,31)22-15-8-19(9-16-22)10-17-23(28)32-21-13-11-20(12-14-21)26(5)24(29)25-18(3)4/h8-18H,6-7H2,1-5H3,(H,25,29). The van der Waals surface area contributed by atoms with Gasteiger partial charge in [0.25, 0.3) is 0 Å². The first kappa shape index (κ1) is 26.1. The van der Waals surface area contributed by atoms with E-state index in [0.29, 0.717) is 30.1 Å². The van der Waals surface area contributed by atoms with Gasteiger partial charge in [-0.05, 0) is 61.9 Å². The van der Waals surface area contributed by atoms with Gasteiger partial charge in [0.15, 0.2) is 0 Å². The van der Waals surface area contributed by atoms with Crippen LogP contribution >= 0.6 is 0 Å². The van der Waals surface area contributed by atoms with Gasteiger partial charge in [0.05, 0.1) is 4.90 Å². The summed E-state index contributed by atoms with van der Waals surface area (Å²) in [4.78, 5) is 25.9. The summed E-state index contributed by atoms with van der Waals surface area (Å²) in [6.45, 7) is 8.14. The van der Waals surface area contributed by atoms with Crippen LogP contribution in [0, 0.1) is 0 Å². The molecule has 1 N–H and O–H groups in total. The van der Waals surface area contributed by atoms with E-state index in [1.165, 1.54) is 27.4 Å². The highest BCUT2D eigenvalue weighted by molar-refractivity contribution is 7.89. The third kappa shape index (κ3) is 7.16. The number of nitrogens with one attached hydrogen (secondary N) is 1. The zero-order valence-corrected chi connectivity index (χ0v) is 20.4. The molecule has 2 aromatic rings. The van der Waals surface area contributed by atoms with Crippen LogP contribution in [0.15, 0.2) is 59.5 Å². The second-order valence-electron chi connectivity index (χ2n) is 7.57. The smallest absolute Gasteiger partial charge is 0.336 e. The van der Waals surface area contributed by atoms with Crippen molar-refractivity contribution in [2.75, 3.05) is 25.0 Å². The third-order valence-electron chi connectivity index (χ3n) is 4.79. The molecule has 0 bridgehead atoms. The van der Waals surface area contributed by atoms with Crippen LogP contribution < -0.4 is 15.0 Å². The van der Waals surface area contributed by atoms with E-state index in [-0.39, 0.29) is 17.0 Å². The van der Waals surface area contributed by atoms with E-state index in [1.807, 2.05) is 13.8 Å². The van der Waals surface area contributed by atoms with Crippen molar-refractivity contribution < 1.29 is 22.7 Å². The van der Waals surface area contributed by atoms with E-state index in [2.05, 4.69) is 5.32 Å². The maximum atomic E-state index is 12.5. The molecule has 0 spiro atoms. The monoisotopic (exact) mass is 473 g/mol. The second-order valence-corrected chi connectivity index (χ2v) is 9.51. The normalized spacial score (nSPS) is 11.7. The van der Waals surface area contributed by atoms with Crippen molar-refractivity contribution in [3.05, 3.63) is 60.2 Å². The molecule has 2 rings (SSSR count). The number of hydrogen-bond donors (Lipinski definition) is 1. The molecule has 2 amide bonds. The molecule has 0 heterocycles. The number of hydrogen-bond acceptors (Lipinski definition) is 5. The van der Waals surface area contributed by atoms with Gasteiger partial charge >= 0.3 is 12.0 Å². The molecule has 0 saturated carbocycles. The minimum absolute atomic E-state index is 0.0231. The lowest BCUT2D eigenvalue weighted by molar-refractivity contribution is -0.128. The first-order valence-electron chi connectivity index (χ1n) is 10.7. The molecule has 33 heavy (non-hydrogen) atoms. The van der Waals surface area contributed by atoms with Crippen molar-refractivity contribution in [3.8, 4) is 5.75 Å². The van der Waals surface area contributed by atoms with E-state index >= 15 is 0 Å². The lowest BCUT2D eigenvalue weighted by Gasteiger charge is -2.19. The zero-order chi connectivity index (χ0) is 24.6. The van der Waals surface area contributed by atoms with Gasteiger partial charge in [-0.25, -0.2) is 18.0 Å². The molecular weight excluding hydrogens is 442 g/mol. The van der Waals surface area contributed by atoms with E-state index in [0.717, 1.165) is 0 Å². The maximum Gasteiger partial charge on any atom is 0.336 e. The fourth-order valence-electron chi connectivity index (χ4n) is 2.98.